The van der Waals surface area contributed by atoms with Crippen molar-refractivity contribution >= 4 is 5.91 Å². The van der Waals surface area contributed by atoms with Crippen LogP contribution < -0.4 is 5.32 Å². The zero-order valence-corrected chi connectivity index (χ0v) is 10.2. The number of piperazine rings is 1. The van der Waals surface area contributed by atoms with Crippen molar-refractivity contribution in [3.05, 3.63) is 35.1 Å². The summed E-state index contributed by atoms with van der Waals surface area (Å²) in [6, 6.07) is 4.50. The maximum absolute atomic E-state index is 13.0. The number of nitrogens with one attached hydrogen (secondary N) is 1. The van der Waals surface area contributed by atoms with Crippen molar-refractivity contribution in [3.63, 3.8) is 0 Å². The molecule has 1 aromatic carbocycles. The van der Waals surface area contributed by atoms with E-state index < -0.39 is 0 Å². The van der Waals surface area contributed by atoms with Crippen LogP contribution in [0.25, 0.3) is 0 Å². The fourth-order valence-electron chi connectivity index (χ4n) is 2.16. The lowest BCUT2D eigenvalue weighted by atomic mass is 10.1. The first-order valence-corrected chi connectivity index (χ1v) is 5.87. The average Bonchev–Trinajstić information content (AvgIpc) is 2.29. The summed E-state index contributed by atoms with van der Waals surface area (Å²) in [4.78, 5) is 14.2. The number of rotatable bonds is 1. The van der Waals surface area contributed by atoms with Gasteiger partial charge in [-0.3, -0.25) is 4.79 Å². The number of hydrogen-bond acceptors (Lipinski definition) is 2. The van der Waals surface area contributed by atoms with Gasteiger partial charge in [0, 0.05) is 31.2 Å². The molecule has 1 fully saturated rings. The molecule has 3 nitrogen and oxygen atoms in total. The van der Waals surface area contributed by atoms with Crippen molar-refractivity contribution in [2.75, 3.05) is 19.6 Å². The number of halogens is 1. The summed E-state index contributed by atoms with van der Waals surface area (Å²) < 4.78 is 13.0. The van der Waals surface area contributed by atoms with Crippen LogP contribution in [0, 0.1) is 12.7 Å². The summed E-state index contributed by atoms with van der Waals surface area (Å²) >= 11 is 0. The lowest BCUT2D eigenvalue weighted by molar-refractivity contribution is 0.0655. The minimum atomic E-state index is -0.299. The van der Waals surface area contributed by atoms with Crippen LogP contribution in [0.5, 0.6) is 0 Å². The number of amides is 1. The van der Waals surface area contributed by atoms with Gasteiger partial charge in [0.05, 0.1) is 0 Å². The molecule has 1 N–H and O–H groups in total. The van der Waals surface area contributed by atoms with Crippen LogP contribution in [-0.2, 0) is 0 Å². The lowest BCUT2D eigenvalue weighted by Crippen LogP contribution is -2.52. The summed E-state index contributed by atoms with van der Waals surface area (Å²) in [6.07, 6.45) is 0. The lowest BCUT2D eigenvalue weighted by Gasteiger charge is -2.34. The Morgan fingerprint density at radius 3 is 2.94 bits per heavy atom. The van der Waals surface area contributed by atoms with E-state index in [1.165, 1.54) is 12.1 Å². The zero-order chi connectivity index (χ0) is 12.4. The smallest absolute Gasteiger partial charge is 0.254 e. The Morgan fingerprint density at radius 2 is 2.29 bits per heavy atom. The Balaban J connectivity index is 2.24. The second-order valence-electron chi connectivity index (χ2n) is 4.51. The quantitative estimate of drug-likeness (QED) is 0.802. The molecule has 1 unspecified atom stereocenters. The minimum Gasteiger partial charge on any atom is -0.333 e. The molecule has 1 amide bonds. The highest BCUT2D eigenvalue weighted by Gasteiger charge is 2.24. The fraction of sp³-hybridized carbons (Fsp3) is 0.462. The van der Waals surface area contributed by atoms with Gasteiger partial charge < -0.3 is 10.2 Å². The van der Waals surface area contributed by atoms with Gasteiger partial charge in [0.15, 0.2) is 0 Å². The number of carbonyl (C=O) groups excluding carboxylic acids is 1. The van der Waals surface area contributed by atoms with Gasteiger partial charge in [-0.05, 0) is 37.6 Å². The van der Waals surface area contributed by atoms with Gasteiger partial charge in [-0.1, -0.05) is 0 Å². The number of hydrogen-bond donors (Lipinski definition) is 1. The highest BCUT2D eigenvalue weighted by molar-refractivity contribution is 5.95. The molecule has 0 radical (unpaired) electrons. The van der Waals surface area contributed by atoms with Crippen LogP contribution in [0.4, 0.5) is 4.39 Å². The molecule has 0 aromatic heterocycles. The third kappa shape index (κ3) is 2.47. The molecule has 1 aromatic rings. The maximum Gasteiger partial charge on any atom is 0.254 e. The summed E-state index contributed by atoms with van der Waals surface area (Å²) in [7, 11) is 0. The molecule has 1 aliphatic rings. The van der Waals surface area contributed by atoms with E-state index in [1.54, 1.807) is 13.0 Å². The van der Waals surface area contributed by atoms with Crippen LogP contribution in [0.2, 0.25) is 0 Å². The van der Waals surface area contributed by atoms with E-state index in [-0.39, 0.29) is 17.8 Å². The minimum absolute atomic E-state index is 0.00324. The first-order chi connectivity index (χ1) is 8.09. The Hall–Kier alpha value is -1.42. The SMILES string of the molecule is Cc1cc(F)ccc1C(=O)N1CCNCC1C. The number of benzene rings is 1. The van der Waals surface area contributed by atoms with Gasteiger partial charge in [0.2, 0.25) is 0 Å². The fourth-order valence-corrected chi connectivity index (χ4v) is 2.16. The highest BCUT2D eigenvalue weighted by Crippen LogP contribution is 2.15. The van der Waals surface area contributed by atoms with Crippen molar-refractivity contribution in [1.29, 1.82) is 0 Å². The molecule has 2 rings (SSSR count). The van der Waals surface area contributed by atoms with E-state index in [0.717, 1.165) is 13.1 Å². The van der Waals surface area contributed by atoms with Gasteiger partial charge in [0.25, 0.3) is 5.91 Å². The molecule has 4 heteroatoms. The average molecular weight is 236 g/mol. The van der Waals surface area contributed by atoms with E-state index in [2.05, 4.69) is 5.32 Å². The molecular weight excluding hydrogens is 219 g/mol. The van der Waals surface area contributed by atoms with Gasteiger partial charge >= 0.3 is 0 Å². The third-order valence-corrected chi connectivity index (χ3v) is 3.18. The molecule has 92 valence electrons. The van der Waals surface area contributed by atoms with Crippen molar-refractivity contribution in [1.82, 2.24) is 10.2 Å². The Morgan fingerprint density at radius 1 is 1.53 bits per heavy atom. The molecule has 1 aliphatic heterocycles. The first kappa shape index (κ1) is 12.0. The molecule has 17 heavy (non-hydrogen) atoms. The van der Waals surface area contributed by atoms with Gasteiger partial charge in [-0.2, -0.15) is 0 Å². The second-order valence-corrected chi connectivity index (χ2v) is 4.51. The molecule has 0 aliphatic carbocycles. The zero-order valence-electron chi connectivity index (χ0n) is 10.2. The Kier molecular flexibility index (Phi) is 3.43. The summed E-state index contributed by atoms with van der Waals surface area (Å²) in [5, 5.41) is 3.24. The number of carbonyl (C=O) groups is 1. The second kappa shape index (κ2) is 4.84. The van der Waals surface area contributed by atoms with Crippen molar-refractivity contribution in [3.8, 4) is 0 Å². The predicted molar refractivity (Wildman–Crippen MR) is 64.5 cm³/mol. The van der Waals surface area contributed by atoms with E-state index in [9.17, 15) is 9.18 Å². The Labute approximate surface area is 101 Å². The number of aryl methyl sites for hydroxylation is 1. The summed E-state index contributed by atoms with van der Waals surface area (Å²) in [5.41, 5.74) is 1.29. The number of nitrogens with zero attached hydrogens (tertiary/aromatic N) is 1. The van der Waals surface area contributed by atoms with Gasteiger partial charge in [-0.25, -0.2) is 4.39 Å². The van der Waals surface area contributed by atoms with Crippen LogP contribution in [0.15, 0.2) is 18.2 Å². The topological polar surface area (TPSA) is 32.3 Å². The van der Waals surface area contributed by atoms with E-state index in [0.29, 0.717) is 17.7 Å². The Bertz CT molecular complexity index is 433. The van der Waals surface area contributed by atoms with Crippen LogP contribution >= 0.6 is 0 Å². The first-order valence-electron chi connectivity index (χ1n) is 5.87. The normalized spacial score (nSPS) is 20.4. The van der Waals surface area contributed by atoms with Crippen LogP contribution in [0.1, 0.15) is 22.8 Å². The van der Waals surface area contributed by atoms with E-state index >= 15 is 0 Å². The summed E-state index contributed by atoms with van der Waals surface area (Å²) in [5.74, 6) is -0.302. The molecular formula is C13H17FN2O. The molecule has 1 saturated heterocycles. The van der Waals surface area contributed by atoms with Gasteiger partial charge in [0.1, 0.15) is 5.82 Å². The van der Waals surface area contributed by atoms with E-state index in [1.807, 2.05) is 11.8 Å². The van der Waals surface area contributed by atoms with Crippen LogP contribution in [0.3, 0.4) is 0 Å². The monoisotopic (exact) mass is 236 g/mol. The molecule has 1 heterocycles. The standard InChI is InChI=1S/C13H17FN2O/c1-9-7-11(14)3-4-12(9)13(17)16-6-5-15-8-10(16)2/h3-4,7,10,15H,5-6,8H2,1-2H3. The van der Waals surface area contributed by atoms with Crippen molar-refractivity contribution < 1.29 is 9.18 Å². The van der Waals surface area contributed by atoms with E-state index in [4.69, 9.17) is 0 Å². The molecule has 0 bridgehead atoms. The van der Waals surface area contributed by atoms with Crippen molar-refractivity contribution in [2.45, 2.75) is 19.9 Å². The maximum atomic E-state index is 13.0. The highest BCUT2D eigenvalue weighted by atomic mass is 19.1. The summed E-state index contributed by atoms with van der Waals surface area (Å²) in [6.45, 7) is 6.12. The molecule has 0 saturated carbocycles. The third-order valence-electron chi connectivity index (χ3n) is 3.18. The van der Waals surface area contributed by atoms with Gasteiger partial charge in [-0.15, -0.1) is 0 Å². The van der Waals surface area contributed by atoms with Crippen molar-refractivity contribution in [2.24, 2.45) is 0 Å². The van der Waals surface area contributed by atoms with Crippen LogP contribution in [-0.4, -0.2) is 36.5 Å². The molecule has 0 spiro atoms. The largest absolute Gasteiger partial charge is 0.333 e. The molecule has 1 atom stereocenters. The predicted octanol–water partition coefficient (Wildman–Crippen LogP) is 1.57.